The Morgan fingerprint density at radius 1 is 0.962 bits per heavy atom. The second-order valence-corrected chi connectivity index (χ2v) is 6.57. The fraction of sp³-hybridized carbons (Fsp3) is 0.286. The van der Waals surface area contributed by atoms with E-state index in [1.165, 1.54) is 5.69 Å². The van der Waals surface area contributed by atoms with Gasteiger partial charge in [0.25, 0.3) is 0 Å². The van der Waals surface area contributed by atoms with E-state index in [9.17, 15) is 0 Å². The number of nitrogens with one attached hydrogen (secondary N) is 1. The van der Waals surface area contributed by atoms with Crippen molar-refractivity contribution in [1.29, 1.82) is 0 Å². The first-order valence-electron chi connectivity index (χ1n) is 9.03. The van der Waals surface area contributed by atoms with E-state index < -0.39 is 0 Å². The first-order chi connectivity index (χ1) is 12.8. The van der Waals surface area contributed by atoms with Crippen molar-refractivity contribution >= 4 is 5.69 Å². The number of aromatic nitrogens is 2. The molecule has 0 unspecified atom stereocenters. The van der Waals surface area contributed by atoms with Gasteiger partial charge in [0.1, 0.15) is 11.6 Å². The number of methoxy groups -OCH3 is 1. The molecule has 134 valence electrons. The summed E-state index contributed by atoms with van der Waals surface area (Å²) in [7, 11) is 1.70. The van der Waals surface area contributed by atoms with E-state index in [4.69, 9.17) is 9.72 Å². The van der Waals surface area contributed by atoms with Crippen LogP contribution in [0.15, 0.2) is 60.8 Å². The smallest absolute Gasteiger partial charge is 0.137 e. The van der Waals surface area contributed by atoms with Gasteiger partial charge in [0.2, 0.25) is 0 Å². The van der Waals surface area contributed by atoms with Crippen LogP contribution in [-0.4, -0.2) is 48.2 Å². The fourth-order valence-corrected chi connectivity index (χ4v) is 3.37. The monoisotopic (exact) mass is 348 g/mol. The number of aromatic amines is 1. The van der Waals surface area contributed by atoms with Gasteiger partial charge in [-0.05, 0) is 24.3 Å². The average Bonchev–Trinajstić information content (AvgIpc) is 3.18. The molecule has 0 saturated carbocycles. The van der Waals surface area contributed by atoms with Gasteiger partial charge in [0.15, 0.2) is 0 Å². The zero-order valence-electron chi connectivity index (χ0n) is 15.1. The van der Waals surface area contributed by atoms with Crippen molar-refractivity contribution in [3.05, 3.63) is 66.5 Å². The zero-order chi connectivity index (χ0) is 17.8. The largest absolute Gasteiger partial charge is 0.497 e. The van der Waals surface area contributed by atoms with Crippen LogP contribution in [0.5, 0.6) is 5.75 Å². The van der Waals surface area contributed by atoms with Crippen LogP contribution in [0.1, 0.15) is 5.69 Å². The van der Waals surface area contributed by atoms with Gasteiger partial charge < -0.3 is 14.6 Å². The molecule has 2 aromatic carbocycles. The van der Waals surface area contributed by atoms with Gasteiger partial charge in [-0.2, -0.15) is 0 Å². The van der Waals surface area contributed by atoms with Gasteiger partial charge >= 0.3 is 0 Å². The second kappa shape index (κ2) is 7.62. The summed E-state index contributed by atoms with van der Waals surface area (Å²) in [6.07, 6.45) is 2.03. The number of ether oxygens (including phenoxy) is 1. The predicted octanol–water partition coefficient (Wildman–Crippen LogP) is 3.41. The summed E-state index contributed by atoms with van der Waals surface area (Å²) in [5, 5.41) is 0. The Labute approximate surface area is 154 Å². The predicted molar refractivity (Wildman–Crippen MR) is 105 cm³/mol. The highest BCUT2D eigenvalue weighted by Crippen LogP contribution is 2.21. The number of anilines is 1. The molecule has 1 N–H and O–H groups in total. The Morgan fingerprint density at radius 3 is 2.38 bits per heavy atom. The molecule has 1 aromatic heterocycles. The molecular weight excluding hydrogens is 324 g/mol. The molecule has 2 heterocycles. The van der Waals surface area contributed by atoms with Crippen LogP contribution in [0.25, 0.3) is 11.4 Å². The average molecular weight is 348 g/mol. The van der Waals surface area contributed by atoms with E-state index in [0.29, 0.717) is 0 Å². The van der Waals surface area contributed by atoms with Crippen LogP contribution < -0.4 is 9.64 Å². The molecule has 0 bridgehead atoms. The molecule has 0 radical (unpaired) electrons. The molecule has 26 heavy (non-hydrogen) atoms. The van der Waals surface area contributed by atoms with Crippen LogP contribution in [-0.2, 0) is 6.54 Å². The third-order valence-electron chi connectivity index (χ3n) is 4.87. The van der Waals surface area contributed by atoms with Crippen molar-refractivity contribution < 1.29 is 4.74 Å². The standard InChI is InChI=1S/C21H24N4O/c1-26-20-9-7-19(8-10-20)25-13-11-24(12-14-25)16-18-15-22-21(23-18)17-5-3-2-4-6-17/h2-10,15H,11-14,16H2,1H3,(H,22,23). The highest BCUT2D eigenvalue weighted by Gasteiger charge is 2.18. The molecule has 4 rings (SSSR count). The number of nitrogens with zero attached hydrogens (tertiary/aromatic N) is 3. The lowest BCUT2D eigenvalue weighted by Crippen LogP contribution is -2.46. The number of piperazine rings is 1. The Balaban J connectivity index is 1.33. The number of hydrogen-bond acceptors (Lipinski definition) is 4. The Hall–Kier alpha value is -2.79. The van der Waals surface area contributed by atoms with Crippen LogP contribution in [0, 0.1) is 0 Å². The van der Waals surface area contributed by atoms with Crippen LogP contribution in [0.2, 0.25) is 0 Å². The SMILES string of the molecule is COc1ccc(N2CCN(Cc3c[nH]c(-c4ccccc4)n3)CC2)cc1. The lowest BCUT2D eigenvalue weighted by molar-refractivity contribution is 0.247. The minimum atomic E-state index is 0.889. The van der Waals surface area contributed by atoms with E-state index in [0.717, 1.165) is 55.6 Å². The van der Waals surface area contributed by atoms with Crippen molar-refractivity contribution in [2.24, 2.45) is 0 Å². The normalized spacial score (nSPS) is 15.2. The van der Waals surface area contributed by atoms with Crippen LogP contribution >= 0.6 is 0 Å². The number of imidazole rings is 1. The van der Waals surface area contributed by atoms with Crippen molar-refractivity contribution in [1.82, 2.24) is 14.9 Å². The summed E-state index contributed by atoms with van der Waals surface area (Å²) in [6.45, 7) is 5.03. The third kappa shape index (κ3) is 3.73. The number of H-pyrrole nitrogens is 1. The maximum atomic E-state index is 5.24. The van der Waals surface area contributed by atoms with E-state index in [1.807, 2.05) is 36.5 Å². The summed E-state index contributed by atoms with van der Waals surface area (Å²) in [5.74, 6) is 1.85. The quantitative estimate of drug-likeness (QED) is 0.767. The summed E-state index contributed by atoms with van der Waals surface area (Å²) >= 11 is 0. The lowest BCUT2D eigenvalue weighted by Gasteiger charge is -2.35. The van der Waals surface area contributed by atoms with Crippen LogP contribution in [0.3, 0.4) is 0 Å². The number of benzene rings is 2. The highest BCUT2D eigenvalue weighted by molar-refractivity contribution is 5.54. The number of rotatable bonds is 5. The number of hydrogen-bond donors (Lipinski definition) is 1. The summed E-state index contributed by atoms with van der Waals surface area (Å²) < 4.78 is 5.24. The molecule has 1 fully saturated rings. The van der Waals surface area contributed by atoms with E-state index in [-0.39, 0.29) is 0 Å². The zero-order valence-corrected chi connectivity index (χ0v) is 15.1. The van der Waals surface area contributed by atoms with Crippen molar-refractivity contribution in [3.8, 4) is 17.1 Å². The molecular formula is C21H24N4O. The molecule has 1 aliphatic heterocycles. The minimum absolute atomic E-state index is 0.889. The van der Waals surface area contributed by atoms with Gasteiger partial charge in [-0.1, -0.05) is 30.3 Å². The van der Waals surface area contributed by atoms with Gasteiger partial charge in [0.05, 0.1) is 12.8 Å². The summed E-state index contributed by atoms with van der Waals surface area (Å²) in [6, 6.07) is 18.6. The van der Waals surface area contributed by atoms with Gasteiger partial charge in [-0.15, -0.1) is 0 Å². The summed E-state index contributed by atoms with van der Waals surface area (Å²) in [5.41, 5.74) is 3.49. The molecule has 0 amide bonds. The Morgan fingerprint density at radius 2 is 1.69 bits per heavy atom. The highest BCUT2D eigenvalue weighted by atomic mass is 16.5. The molecule has 0 aliphatic carbocycles. The molecule has 5 nitrogen and oxygen atoms in total. The third-order valence-corrected chi connectivity index (χ3v) is 4.87. The van der Waals surface area contributed by atoms with Gasteiger partial charge in [-0.3, -0.25) is 4.90 Å². The maximum Gasteiger partial charge on any atom is 0.137 e. The maximum absolute atomic E-state index is 5.24. The fourth-order valence-electron chi connectivity index (χ4n) is 3.37. The Kier molecular flexibility index (Phi) is 4.88. The van der Waals surface area contributed by atoms with Crippen LogP contribution in [0.4, 0.5) is 5.69 Å². The first-order valence-corrected chi connectivity index (χ1v) is 9.03. The molecule has 1 saturated heterocycles. The molecule has 0 spiro atoms. The first kappa shape index (κ1) is 16.7. The van der Waals surface area contributed by atoms with Crippen molar-refractivity contribution in [2.45, 2.75) is 6.54 Å². The molecule has 5 heteroatoms. The van der Waals surface area contributed by atoms with E-state index in [1.54, 1.807) is 7.11 Å². The van der Waals surface area contributed by atoms with Crippen molar-refractivity contribution in [3.63, 3.8) is 0 Å². The van der Waals surface area contributed by atoms with Gasteiger partial charge in [-0.25, -0.2) is 4.98 Å². The topological polar surface area (TPSA) is 44.4 Å². The molecule has 1 aliphatic rings. The van der Waals surface area contributed by atoms with Gasteiger partial charge in [0, 0.05) is 50.2 Å². The Bertz CT molecular complexity index is 821. The second-order valence-electron chi connectivity index (χ2n) is 6.57. The van der Waals surface area contributed by atoms with Crippen molar-refractivity contribution in [2.75, 3.05) is 38.2 Å². The summed E-state index contributed by atoms with van der Waals surface area (Å²) in [4.78, 5) is 12.9. The minimum Gasteiger partial charge on any atom is -0.497 e. The van der Waals surface area contributed by atoms with E-state index in [2.05, 4.69) is 39.0 Å². The molecule has 0 atom stereocenters. The van der Waals surface area contributed by atoms with E-state index >= 15 is 0 Å². The lowest BCUT2D eigenvalue weighted by atomic mass is 10.2. The molecule has 3 aromatic rings.